The predicted molar refractivity (Wildman–Crippen MR) is 89.0 cm³/mol. The third-order valence-electron chi connectivity index (χ3n) is 5.77. The van der Waals surface area contributed by atoms with Crippen molar-refractivity contribution < 1.29 is 26.7 Å². The van der Waals surface area contributed by atoms with Gasteiger partial charge >= 0.3 is 6.04 Å². The molecule has 1 aromatic carbocycles. The van der Waals surface area contributed by atoms with E-state index in [9.17, 15) is 26.7 Å². The van der Waals surface area contributed by atoms with Crippen LogP contribution in [0.5, 0.6) is 0 Å². The van der Waals surface area contributed by atoms with E-state index in [1.807, 2.05) is 0 Å². The molecule has 0 bridgehead atoms. The summed E-state index contributed by atoms with van der Waals surface area (Å²) < 4.78 is 60.5. The molecule has 0 aliphatic heterocycles. The predicted octanol–water partition coefficient (Wildman–Crippen LogP) is 6.36. The minimum absolute atomic E-state index is 0.265. The van der Waals surface area contributed by atoms with Gasteiger partial charge in [0, 0.05) is 18.1 Å². The van der Waals surface area contributed by atoms with Crippen LogP contribution in [0.15, 0.2) is 12.1 Å². The Bertz CT molecular complexity index is 579. The molecule has 1 aromatic rings. The van der Waals surface area contributed by atoms with Gasteiger partial charge in [0.05, 0.1) is 0 Å². The van der Waals surface area contributed by atoms with Crippen molar-refractivity contribution in [1.82, 2.24) is 0 Å². The lowest BCUT2D eigenvalue weighted by molar-refractivity contribution is -0.135. The monoisotopic (exact) mass is 376 g/mol. The first-order valence-electron chi connectivity index (χ1n) is 9.27. The lowest BCUT2D eigenvalue weighted by Crippen LogP contribution is -2.26. The zero-order valence-corrected chi connectivity index (χ0v) is 14.9. The summed E-state index contributed by atoms with van der Waals surface area (Å²) >= 11 is 0. The van der Waals surface area contributed by atoms with Crippen LogP contribution >= 0.6 is 0 Å². The van der Waals surface area contributed by atoms with Crippen LogP contribution in [0.4, 0.5) is 22.0 Å². The van der Waals surface area contributed by atoms with Gasteiger partial charge in [0.2, 0.25) is 0 Å². The van der Waals surface area contributed by atoms with Gasteiger partial charge in [-0.2, -0.15) is 4.39 Å². The second-order valence-electron chi connectivity index (χ2n) is 7.62. The van der Waals surface area contributed by atoms with E-state index in [2.05, 4.69) is 6.92 Å². The molecule has 0 unspecified atom stereocenters. The number of hydrogen-bond acceptors (Lipinski definition) is 1. The van der Waals surface area contributed by atoms with E-state index in [-0.39, 0.29) is 18.1 Å². The molecule has 3 rings (SSSR count). The van der Waals surface area contributed by atoms with Crippen molar-refractivity contribution in [2.24, 2.45) is 23.7 Å². The van der Waals surface area contributed by atoms with Crippen molar-refractivity contribution in [3.05, 3.63) is 35.4 Å². The summed E-state index contributed by atoms with van der Waals surface area (Å²) in [6.07, 6.45) is 9.22. The number of rotatable bonds is 2. The molecule has 6 heteroatoms. The lowest BCUT2D eigenvalue weighted by atomic mass is 9.69. The molecule has 0 aromatic heterocycles. The molecule has 0 atom stereocenters. The highest BCUT2D eigenvalue weighted by Crippen LogP contribution is 2.41. The Hall–Kier alpha value is -1.46. The summed E-state index contributed by atoms with van der Waals surface area (Å²) in [4.78, 5) is 10.7. The quantitative estimate of drug-likeness (QED) is 0.254. The van der Waals surface area contributed by atoms with Gasteiger partial charge in [0.1, 0.15) is 5.82 Å². The zero-order chi connectivity index (χ0) is 19.3. The molecular weight excluding hydrogens is 351 g/mol. The molecule has 0 heterocycles. The fraction of sp³-hybridized carbons (Fsp3) is 0.650. The van der Waals surface area contributed by atoms with Crippen LogP contribution in [-0.2, 0) is 4.79 Å². The van der Waals surface area contributed by atoms with Crippen molar-refractivity contribution in [3.63, 3.8) is 0 Å². The van der Waals surface area contributed by atoms with Crippen molar-refractivity contribution in [1.29, 1.82) is 0 Å². The lowest BCUT2D eigenvalue weighted by Gasteiger charge is -2.36. The summed E-state index contributed by atoms with van der Waals surface area (Å²) in [5.41, 5.74) is 0. The summed E-state index contributed by atoms with van der Waals surface area (Å²) in [5, 5.41) is 0. The molecule has 2 aliphatic rings. The first kappa shape index (κ1) is 20.8. The van der Waals surface area contributed by atoms with Crippen LogP contribution in [0.25, 0.3) is 0 Å². The molecule has 0 spiro atoms. The second kappa shape index (κ2) is 9.47. The third kappa shape index (κ3) is 5.78. The second-order valence-corrected chi connectivity index (χ2v) is 7.62. The van der Waals surface area contributed by atoms with E-state index in [0.717, 1.165) is 43.4 Å². The van der Waals surface area contributed by atoms with Crippen LogP contribution in [0.2, 0.25) is 0 Å². The smallest absolute Gasteiger partial charge is 0.261 e. The Morgan fingerprint density at radius 3 is 1.65 bits per heavy atom. The summed E-state index contributed by atoms with van der Waals surface area (Å²) in [7, 11) is 0. The maximum Gasteiger partial charge on any atom is 0.304 e. The van der Waals surface area contributed by atoms with Crippen LogP contribution in [0.3, 0.4) is 0 Å². The van der Waals surface area contributed by atoms with E-state index in [0.29, 0.717) is 0 Å². The van der Waals surface area contributed by atoms with Gasteiger partial charge in [-0.1, -0.05) is 19.8 Å². The highest BCUT2D eigenvalue weighted by Gasteiger charge is 2.32. The van der Waals surface area contributed by atoms with Gasteiger partial charge in [-0.3, -0.25) is 4.79 Å². The van der Waals surface area contributed by atoms with E-state index < -0.39 is 29.3 Å². The van der Waals surface area contributed by atoms with Gasteiger partial charge in [-0.15, -0.1) is 0 Å². The number of benzene rings is 1. The first-order chi connectivity index (χ1) is 12.3. The van der Waals surface area contributed by atoms with Gasteiger partial charge in [-0.25, -0.2) is 17.6 Å². The number of halogens is 5. The highest BCUT2D eigenvalue weighted by molar-refractivity contribution is 5.70. The minimum Gasteiger partial charge on any atom is -0.261 e. The van der Waals surface area contributed by atoms with Crippen molar-refractivity contribution in [2.75, 3.05) is 0 Å². The van der Waals surface area contributed by atoms with Crippen LogP contribution in [-0.4, -0.2) is 6.04 Å². The average molecular weight is 376 g/mol. The molecule has 0 N–H and O–H groups in total. The topological polar surface area (TPSA) is 17.1 Å². The van der Waals surface area contributed by atoms with Crippen LogP contribution in [0, 0.1) is 46.9 Å². The van der Waals surface area contributed by atoms with E-state index >= 15 is 0 Å². The maximum atomic E-state index is 12.6. The Balaban J connectivity index is 0.000000209. The first-order valence-corrected chi connectivity index (χ1v) is 9.27. The molecule has 1 nitrogen and oxygen atoms in total. The Morgan fingerprint density at radius 1 is 0.808 bits per heavy atom. The zero-order valence-electron chi connectivity index (χ0n) is 14.9. The Labute approximate surface area is 151 Å². The number of carbonyl (C=O) groups is 1. The van der Waals surface area contributed by atoms with Crippen LogP contribution in [0.1, 0.15) is 58.3 Å². The fourth-order valence-corrected chi connectivity index (χ4v) is 4.10. The number of hydrogen-bond donors (Lipinski definition) is 0. The van der Waals surface area contributed by atoms with Gasteiger partial charge in [0.15, 0.2) is 17.5 Å². The van der Waals surface area contributed by atoms with Gasteiger partial charge in [0.25, 0.3) is 0 Å². The SMILES string of the molecule is CC1CCC(C2CCC(C(=O)F)CC2)CC1.Fc1cc(F)c(F)c(F)c1. The molecule has 2 fully saturated rings. The standard InChI is InChI=1S/C14H23FO.C6H2F4/c1-10-2-4-11(5-3-10)12-6-8-13(9-7-12)14(15)16;7-3-1-4(8)6(10)5(9)2-3/h10-13H,2-9H2,1H3;1-2H. The molecule has 146 valence electrons. The third-order valence-corrected chi connectivity index (χ3v) is 5.77. The van der Waals surface area contributed by atoms with Crippen molar-refractivity contribution in [3.8, 4) is 0 Å². The molecule has 0 radical (unpaired) electrons. The fourth-order valence-electron chi connectivity index (χ4n) is 4.10. The highest BCUT2D eigenvalue weighted by atomic mass is 19.2. The Kier molecular flexibility index (Phi) is 7.59. The normalized spacial score (nSPS) is 28.8. The molecule has 0 amide bonds. The van der Waals surface area contributed by atoms with Crippen LogP contribution < -0.4 is 0 Å². The Morgan fingerprint density at radius 2 is 1.23 bits per heavy atom. The van der Waals surface area contributed by atoms with Gasteiger partial charge < -0.3 is 0 Å². The molecule has 0 saturated heterocycles. The average Bonchev–Trinajstić information content (AvgIpc) is 2.61. The number of carbonyl (C=O) groups excluding carboxylic acids is 1. The van der Waals surface area contributed by atoms with E-state index in [1.165, 1.54) is 25.7 Å². The molecular formula is C20H25F5O. The summed E-state index contributed by atoms with van der Waals surface area (Å²) in [6.45, 7) is 2.34. The van der Waals surface area contributed by atoms with Crippen molar-refractivity contribution in [2.45, 2.75) is 58.3 Å². The van der Waals surface area contributed by atoms with Crippen molar-refractivity contribution >= 4 is 6.04 Å². The maximum absolute atomic E-state index is 12.6. The molecule has 2 aliphatic carbocycles. The molecule has 26 heavy (non-hydrogen) atoms. The molecule has 2 saturated carbocycles. The summed E-state index contributed by atoms with van der Waals surface area (Å²) in [6, 6.07) is -0.521. The largest absolute Gasteiger partial charge is 0.304 e. The van der Waals surface area contributed by atoms with Gasteiger partial charge in [-0.05, 0) is 56.3 Å². The van der Waals surface area contributed by atoms with E-state index in [4.69, 9.17) is 0 Å². The summed E-state index contributed by atoms with van der Waals surface area (Å²) in [5.74, 6) is -3.53. The minimum atomic E-state index is -1.65. The van der Waals surface area contributed by atoms with E-state index in [1.54, 1.807) is 0 Å².